The van der Waals surface area contributed by atoms with Crippen LogP contribution in [0.15, 0.2) is 4.99 Å². The molecule has 2 N–H and O–H groups in total. The van der Waals surface area contributed by atoms with Crippen LogP contribution in [0.1, 0.15) is 46.0 Å². The number of piperidine rings is 1. The van der Waals surface area contributed by atoms with Gasteiger partial charge in [-0.3, -0.25) is 9.89 Å². The first-order valence-corrected chi connectivity index (χ1v) is 9.49. The van der Waals surface area contributed by atoms with E-state index in [1.165, 1.54) is 51.7 Å². The van der Waals surface area contributed by atoms with Crippen molar-refractivity contribution in [1.29, 1.82) is 0 Å². The van der Waals surface area contributed by atoms with E-state index in [1.807, 2.05) is 7.05 Å². The number of likely N-dealkylation sites (N-methyl/N-ethyl adjacent to an activating group) is 1. The third-order valence-electron chi connectivity index (χ3n) is 5.43. The summed E-state index contributed by atoms with van der Waals surface area (Å²) in [4.78, 5) is 9.42. The Hall–Kier alpha value is -0.0800. The lowest BCUT2D eigenvalue weighted by molar-refractivity contribution is 0.191. The van der Waals surface area contributed by atoms with Crippen LogP contribution < -0.4 is 10.6 Å². The molecule has 1 aliphatic carbocycles. The Morgan fingerprint density at radius 3 is 2.46 bits per heavy atom. The minimum absolute atomic E-state index is 0. The third-order valence-corrected chi connectivity index (χ3v) is 5.43. The van der Waals surface area contributed by atoms with Gasteiger partial charge >= 0.3 is 0 Å². The van der Waals surface area contributed by atoms with Crippen molar-refractivity contribution in [3.8, 4) is 0 Å². The number of rotatable bonds is 8. The molecule has 0 radical (unpaired) electrons. The molecule has 0 bridgehead atoms. The van der Waals surface area contributed by atoms with Gasteiger partial charge in [0.15, 0.2) is 5.96 Å². The summed E-state index contributed by atoms with van der Waals surface area (Å²) in [6.45, 7) is 10.4. The summed E-state index contributed by atoms with van der Waals surface area (Å²) in [6, 6.07) is 1.37. The van der Waals surface area contributed by atoms with Crippen molar-refractivity contribution in [3.63, 3.8) is 0 Å². The molecule has 6 heteroatoms. The zero-order valence-electron chi connectivity index (χ0n) is 16.1. The zero-order chi connectivity index (χ0) is 16.7. The number of halogens is 1. The van der Waals surface area contributed by atoms with Crippen LogP contribution in [-0.2, 0) is 0 Å². The fourth-order valence-electron chi connectivity index (χ4n) is 3.25. The van der Waals surface area contributed by atoms with Crippen LogP contribution in [0.4, 0.5) is 0 Å². The predicted octanol–water partition coefficient (Wildman–Crippen LogP) is 2.37. The van der Waals surface area contributed by atoms with E-state index in [-0.39, 0.29) is 24.0 Å². The summed E-state index contributed by atoms with van der Waals surface area (Å²) in [5.74, 6) is 1.86. The average molecular weight is 451 g/mol. The molecule has 2 rings (SSSR count). The first-order valence-electron chi connectivity index (χ1n) is 9.49. The van der Waals surface area contributed by atoms with Gasteiger partial charge in [-0.1, -0.05) is 6.92 Å². The molecule has 0 aromatic carbocycles. The second-order valence-electron chi connectivity index (χ2n) is 7.50. The third kappa shape index (κ3) is 7.87. The van der Waals surface area contributed by atoms with Crippen LogP contribution in [0.3, 0.4) is 0 Å². The van der Waals surface area contributed by atoms with E-state index in [4.69, 9.17) is 0 Å². The van der Waals surface area contributed by atoms with Crippen molar-refractivity contribution in [2.75, 3.05) is 46.8 Å². The summed E-state index contributed by atoms with van der Waals surface area (Å²) >= 11 is 0. The molecule has 1 heterocycles. The van der Waals surface area contributed by atoms with Crippen LogP contribution in [-0.4, -0.2) is 74.7 Å². The van der Waals surface area contributed by atoms with Crippen molar-refractivity contribution in [3.05, 3.63) is 0 Å². The summed E-state index contributed by atoms with van der Waals surface area (Å²) in [6.07, 6.45) is 6.64. The molecule has 5 nitrogen and oxygen atoms in total. The van der Waals surface area contributed by atoms with Gasteiger partial charge in [0.25, 0.3) is 0 Å². The molecule has 1 atom stereocenters. The normalized spacial score (nSPS) is 21.5. The quantitative estimate of drug-likeness (QED) is 0.258. The predicted molar refractivity (Wildman–Crippen MR) is 114 cm³/mol. The molecule has 1 unspecified atom stereocenters. The topological polar surface area (TPSA) is 42.9 Å². The fourth-order valence-corrected chi connectivity index (χ4v) is 3.25. The van der Waals surface area contributed by atoms with Crippen LogP contribution >= 0.6 is 24.0 Å². The van der Waals surface area contributed by atoms with E-state index >= 15 is 0 Å². The molecule has 2 fully saturated rings. The molecule has 24 heavy (non-hydrogen) atoms. The first-order chi connectivity index (χ1) is 11.1. The minimum atomic E-state index is 0. The minimum Gasteiger partial charge on any atom is -0.356 e. The maximum atomic E-state index is 4.34. The standard InChI is InChI=1S/C18H37N5.HI/c1-15-8-12-23(13-9-15)11-5-10-20-18(19-3)21-14-16(2)22(4)17-6-7-17;/h15-17H,5-14H2,1-4H3,(H2,19,20,21);1H. The highest BCUT2D eigenvalue weighted by Gasteiger charge is 2.28. The Morgan fingerprint density at radius 1 is 1.21 bits per heavy atom. The van der Waals surface area contributed by atoms with E-state index in [0.717, 1.165) is 31.0 Å². The monoisotopic (exact) mass is 451 g/mol. The largest absolute Gasteiger partial charge is 0.356 e. The van der Waals surface area contributed by atoms with Crippen LogP contribution in [0.25, 0.3) is 0 Å². The molecule has 0 aromatic heterocycles. The van der Waals surface area contributed by atoms with Crippen LogP contribution in [0.5, 0.6) is 0 Å². The molecule has 1 aliphatic heterocycles. The van der Waals surface area contributed by atoms with E-state index in [1.54, 1.807) is 0 Å². The van der Waals surface area contributed by atoms with Gasteiger partial charge in [-0.05, 0) is 71.6 Å². The number of guanidine groups is 1. The molecular formula is C18H38IN5. The maximum absolute atomic E-state index is 4.34. The molecule has 0 amide bonds. The van der Waals surface area contributed by atoms with Crippen molar-refractivity contribution in [2.24, 2.45) is 10.9 Å². The van der Waals surface area contributed by atoms with Gasteiger partial charge in [-0.25, -0.2) is 0 Å². The lowest BCUT2D eigenvalue weighted by atomic mass is 9.99. The van der Waals surface area contributed by atoms with Gasteiger partial charge in [0, 0.05) is 32.2 Å². The second-order valence-corrected chi connectivity index (χ2v) is 7.50. The Morgan fingerprint density at radius 2 is 1.88 bits per heavy atom. The smallest absolute Gasteiger partial charge is 0.191 e. The number of likely N-dealkylation sites (tertiary alicyclic amines) is 1. The SMILES string of the molecule is CN=C(NCCCN1CCC(C)CC1)NCC(C)N(C)C1CC1.I. The van der Waals surface area contributed by atoms with Crippen molar-refractivity contribution >= 4 is 29.9 Å². The highest BCUT2D eigenvalue weighted by molar-refractivity contribution is 14.0. The lowest BCUT2D eigenvalue weighted by Gasteiger charge is -2.30. The van der Waals surface area contributed by atoms with Gasteiger partial charge in [0.1, 0.15) is 0 Å². The fraction of sp³-hybridized carbons (Fsp3) is 0.944. The van der Waals surface area contributed by atoms with Gasteiger partial charge in [-0.2, -0.15) is 0 Å². The molecule has 1 saturated heterocycles. The van der Waals surface area contributed by atoms with E-state index < -0.39 is 0 Å². The van der Waals surface area contributed by atoms with Crippen LogP contribution in [0.2, 0.25) is 0 Å². The first kappa shape index (κ1) is 22.0. The van der Waals surface area contributed by atoms with Crippen LogP contribution in [0, 0.1) is 5.92 Å². The van der Waals surface area contributed by atoms with Gasteiger partial charge in [0.05, 0.1) is 0 Å². The highest BCUT2D eigenvalue weighted by Crippen LogP contribution is 2.26. The molecule has 0 spiro atoms. The van der Waals surface area contributed by atoms with Gasteiger partial charge < -0.3 is 15.5 Å². The van der Waals surface area contributed by atoms with Gasteiger partial charge in [0.2, 0.25) is 0 Å². The van der Waals surface area contributed by atoms with E-state index in [2.05, 4.69) is 46.3 Å². The second kappa shape index (κ2) is 11.5. The Balaban J connectivity index is 0.00000288. The number of hydrogen-bond donors (Lipinski definition) is 2. The Kier molecular flexibility index (Phi) is 10.5. The lowest BCUT2D eigenvalue weighted by Crippen LogP contribution is -2.46. The average Bonchev–Trinajstić information content (AvgIpc) is 3.39. The Labute approximate surface area is 166 Å². The molecule has 2 aliphatic rings. The number of hydrogen-bond acceptors (Lipinski definition) is 3. The van der Waals surface area contributed by atoms with E-state index in [9.17, 15) is 0 Å². The van der Waals surface area contributed by atoms with Gasteiger partial charge in [-0.15, -0.1) is 24.0 Å². The zero-order valence-corrected chi connectivity index (χ0v) is 18.4. The molecule has 142 valence electrons. The van der Waals surface area contributed by atoms with Crippen molar-refractivity contribution < 1.29 is 0 Å². The number of nitrogens with zero attached hydrogens (tertiary/aromatic N) is 3. The van der Waals surface area contributed by atoms with E-state index in [0.29, 0.717) is 6.04 Å². The molecule has 1 saturated carbocycles. The number of nitrogens with one attached hydrogen (secondary N) is 2. The maximum Gasteiger partial charge on any atom is 0.191 e. The summed E-state index contributed by atoms with van der Waals surface area (Å²) in [5, 5.41) is 6.91. The summed E-state index contributed by atoms with van der Waals surface area (Å²) < 4.78 is 0. The number of aliphatic imine (C=N–C) groups is 1. The highest BCUT2D eigenvalue weighted by atomic mass is 127. The van der Waals surface area contributed by atoms with Crippen molar-refractivity contribution in [2.45, 2.75) is 58.0 Å². The summed E-state index contributed by atoms with van der Waals surface area (Å²) in [7, 11) is 4.09. The Bertz CT molecular complexity index is 364. The molecule has 0 aromatic rings. The summed E-state index contributed by atoms with van der Waals surface area (Å²) in [5.41, 5.74) is 0. The van der Waals surface area contributed by atoms with Crippen molar-refractivity contribution in [1.82, 2.24) is 20.4 Å². The molecular weight excluding hydrogens is 413 g/mol.